The zero-order chi connectivity index (χ0) is 38.9. The first-order valence-corrected chi connectivity index (χ1v) is 23.3. The first kappa shape index (κ1) is 51.4. The number of unbranched alkanes of at least 4 members (excludes halogenated alkanes) is 22. The molecule has 1 amide bonds. The monoisotopic (exact) mass is 751 g/mol. The third-order valence-electron chi connectivity index (χ3n) is 10.6. The molecule has 0 unspecified atom stereocenters. The van der Waals surface area contributed by atoms with Crippen LogP contribution in [0.3, 0.4) is 0 Å². The zero-order valence-electron chi connectivity index (χ0n) is 35.9. The van der Waals surface area contributed by atoms with Crippen LogP contribution in [0.1, 0.15) is 240 Å². The molecule has 314 valence electrons. The molecule has 0 fully saturated rings. The van der Waals surface area contributed by atoms with Crippen molar-refractivity contribution in [3.05, 3.63) is 0 Å². The Hall–Kier alpha value is -1.63. The molecule has 0 atom stereocenters. The first-order valence-electron chi connectivity index (χ1n) is 23.3. The van der Waals surface area contributed by atoms with Crippen molar-refractivity contribution >= 4 is 17.8 Å². The third kappa shape index (κ3) is 38.4. The van der Waals surface area contributed by atoms with E-state index in [1.54, 1.807) is 0 Å². The number of hydrogen-bond donors (Lipinski definition) is 1. The molecule has 0 aliphatic rings. The fraction of sp³-hybridized carbons (Fsp3) is 0.935. The van der Waals surface area contributed by atoms with Crippen molar-refractivity contribution in [2.24, 2.45) is 0 Å². The molecule has 0 aromatic rings. The van der Waals surface area contributed by atoms with Gasteiger partial charge in [0.1, 0.15) is 6.10 Å². The minimum Gasteiger partial charge on any atom is -0.466 e. The van der Waals surface area contributed by atoms with Crippen molar-refractivity contribution in [2.75, 3.05) is 32.8 Å². The molecule has 53 heavy (non-hydrogen) atoms. The Kier molecular flexibility index (Phi) is 40.3. The van der Waals surface area contributed by atoms with E-state index in [1.807, 2.05) is 6.92 Å². The Morgan fingerprint density at radius 3 is 1.42 bits per heavy atom. The van der Waals surface area contributed by atoms with Gasteiger partial charge < -0.3 is 19.7 Å². The van der Waals surface area contributed by atoms with Crippen LogP contribution < -0.4 is 5.32 Å². The molecule has 0 aliphatic carbocycles. The van der Waals surface area contributed by atoms with Gasteiger partial charge in [-0.15, -0.1) is 0 Å². The fourth-order valence-corrected chi connectivity index (χ4v) is 7.04. The molecule has 1 N–H and O–H groups in total. The maximum Gasteiger partial charge on any atom is 0.306 e. The van der Waals surface area contributed by atoms with Gasteiger partial charge in [0.05, 0.1) is 6.61 Å². The second-order valence-electron chi connectivity index (χ2n) is 15.8. The number of nitrogens with one attached hydrogen (secondary N) is 1. The number of ether oxygens (including phenoxy) is 2. The van der Waals surface area contributed by atoms with E-state index in [1.165, 1.54) is 116 Å². The van der Waals surface area contributed by atoms with Crippen molar-refractivity contribution < 1.29 is 23.9 Å². The quantitative estimate of drug-likeness (QED) is 0.0494. The summed E-state index contributed by atoms with van der Waals surface area (Å²) in [6.07, 6.45) is 37.1. The molecule has 0 aromatic carbocycles. The van der Waals surface area contributed by atoms with E-state index in [4.69, 9.17) is 9.47 Å². The minimum atomic E-state index is -0.0354. The molecular formula is C46H90N2O5. The largest absolute Gasteiger partial charge is 0.466 e. The number of esters is 2. The summed E-state index contributed by atoms with van der Waals surface area (Å²) in [6.45, 7) is 13.0. The number of carbonyl (C=O) groups excluding carboxylic acids is 3. The molecular weight excluding hydrogens is 661 g/mol. The fourth-order valence-electron chi connectivity index (χ4n) is 7.04. The van der Waals surface area contributed by atoms with Crippen molar-refractivity contribution in [1.29, 1.82) is 0 Å². The van der Waals surface area contributed by atoms with Crippen LogP contribution in [0.25, 0.3) is 0 Å². The lowest BCUT2D eigenvalue weighted by Crippen LogP contribution is -2.31. The lowest BCUT2D eigenvalue weighted by Gasteiger charge is -2.22. The predicted molar refractivity (Wildman–Crippen MR) is 225 cm³/mol. The van der Waals surface area contributed by atoms with E-state index < -0.39 is 0 Å². The molecule has 0 rings (SSSR count). The normalized spacial score (nSPS) is 11.4. The van der Waals surface area contributed by atoms with Gasteiger partial charge in [-0.3, -0.25) is 14.4 Å². The SMILES string of the molecule is CCCCCCCCCOC(=O)CCCCCCCN(CCCCCC(=O)OC(CCCCCCCC)CCCCCCCC)CCCNC(=O)CC. The zero-order valence-corrected chi connectivity index (χ0v) is 35.9. The number of rotatable bonds is 42. The van der Waals surface area contributed by atoms with Crippen LogP contribution in [-0.2, 0) is 23.9 Å². The van der Waals surface area contributed by atoms with Crippen molar-refractivity contribution in [1.82, 2.24) is 10.2 Å². The molecule has 0 radical (unpaired) electrons. The standard InChI is InChI=1S/C46H90N2O5/c1-5-9-12-15-18-24-32-42-52-45(50)36-28-22-19-23-30-39-48(41-33-38-47-44(49)8-4)40-31-25-29-37-46(51)53-43(34-26-20-16-13-10-6-2)35-27-21-17-14-11-7-3/h43H,5-42H2,1-4H3,(H,47,49). The lowest BCUT2D eigenvalue weighted by molar-refractivity contribution is -0.150. The van der Waals surface area contributed by atoms with Crippen LogP contribution in [-0.4, -0.2) is 61.6 Å². The number of hydrogen-bond acceptors (Lipinski definition) is 6. The molecule has 0 saturated carbocycles. The predicted octanol–water partition coefficient (Wildman–Crippen LogP) is 12.8. The molecule has 0 saturated heterocycles. The molecule has 0 aromatic heterocycles. The molecule has 0 bridgehead atoms. The van der Waals surface area contributed by atoms with Gasteiger partial charge in [0.25, 0.3) is 0 Å². The Labute approximate surface area is 329 Å². The van der Waals surface area contributed by atoms with Crippen LogP contribution in [0.2, 0.25) is 0 Å². The van der Waals surface area contributed by atoms with E-state index in [0.29, 0.717) is 25.9 Å². The Morgan fingerprint density at radius 1 is 0.472 bits per heavy atom. The van der Waals surface area contributed by atoms with Gasteiger partial charge in [-0.25, -0.2) is 0 Å². The summed E-state index contributed by atoms with van der Waals surface area (Å²) in [5.74, 6) is 0.0787. The molecule has 7 nitrogen and oxygen atoms in total. The second kappa shape index (κ2) is 41.5. The van der Waals surface area contributed by atoms with Gasteiger partial charge in [0, 0.05) is 25.8 Å². The van der Waals surface area contributed by atoms with Crippen molar-refractivity contribution in [2.45, 2.75) is 246 Å². The smallest absolute Gasteiger partial charge is 0.306 e. The maximum atomic E-state index is 12.9. The Balaban J connectivity index is 4.38. The summed E-state index contributed by atoms with van der Waals surface area (Å²) in [5.41, 5.74) is 0. The summed E-state index contributed by atoms with van der Waals surface area (Å²) in [7, 11) is 0. The third-order valence-corrected chi connectivity index (χ3v) is 10.6. The first-order chi connectivity index (χ1) is 26.0. The molecule has 7 heteroatoms. The summed E-state index contributed by atoms with van der Waals surface area (Å²) >= 11 is 0. The average Bonchev–Trinajstić information content (AvgIpc) is 3.15. The molecule has 0 spiro atoms. The van der Waals surface area contributed by atoms with Crippen molar-refractivity contribution in [3.63, 3.8) is 0 Å². The molecule has 0 heterocycles. The van der Waals surface area contributed by atoms with E-state index >= 15 is 0 Å². The van der Waals surface area contributed by atoms with E-state index in [9.17, 15) is 14.4 Å². The highest BCUT2D eigenvalue weighted by Crippen LogP contribution is 2.18. The summed E-state index contributed by atoms with van der Waals surface area (Å²) in [4.78, 5) is 39.2. The van der Waals surface area contributed by atoms with Crippen LogP contribution >= 0.6 is 0 Å². The van der Waals surface area contributed by atoms with Crippen LogP contribution in [0.15, 0.2) is 0 Å². The van der Waals surface area contributed by atoms with Crippen LogP contribution in [0, 0.1) is 0 Å². The van der Waals surface area contributed by atoms with E-state index in [2.05, 4.69) is 31.0 Å². The van der Waals surface area contributed by atoms with Gasteiger partial charge in [0.2, 0.25) is 5.91 Å². The van der Waals surface area contributed by atoms with Gasteiger partial charge in [0.15, 0.2) is 0 Å². The van der Waals surface area contributed by atoms with Crippen molar-refractivity contribution in [3.8, 4) is 0 Å². The molecule has 0 aliphatic heterocycles. The second-order valence-corrected chi connectivity index (χ2v) is 15.8. The highest BCUT2D eigenvalue weighted by atomic mass is 16.5. The van der Waals surface area contributed by atoms with Gasteiger partial charge in [-0.1, -0.05) is 156 Å². The number of nitrogens with zero attached hydrogens (tertiary/aromatic N) is 1. The Morgan fingerprint density at radius 2 is 0.887 bits per heavy atom. The highest BCUT2D eigenvalue weighted by Gasteiger charge is 2.15. The summed E-state index contributed by atoms with van der Waals surface area (Å²) in [5, 5.41) is 3.01. The lowest BCUT2D eigenvalue weighted by atomic mass is 10.0. The van der Waals surface area contributed by atoms with Crippen LogP contribution in [0.4, 0.5) is 0 Å². The number of carbonyl (C=O) groups is 3. The topological polar surface area (TPSA) is 84.9 Å². The van der Waals surface area contributed by atoms with Gasteiger partial charge >= 0.3 is 11.9 Å². The minimum absolute atomic E-state index is 0.00286. The average molecular weight is 751 g/mol. The van der Waals surface area contributed by atoms with Crippen LogP contribution in [0.5, 0.6) is 0 Å². The van der Waals surface area contributed by atoms with E-state index in [0.717, 1.165) is 103 Å². The van der Waals surface area contributed by atoms with Gasteiger partial charge in [-0.05, 0) is 83.8 Å². The highest BCUT2D eigenvalue weighted by molar-refractivity contribution is 5.75. The summed E-state index contributed by atoms with van der Waals surface area (Å²) in [6, 6.07) is 0. The Bertz CT molecular complexity index is 791. The van der Waals surface area contributed by atoms with Gasteiger partial charge in [-0.2, -0.15) is 0 Å². The van der Waals surface area contributed by atoms with E-state index in [-0.39, 0.29) is 23.9 Å². The summed E-state index contributed by atoms with van der Waals surface area (Å²) < 4.78 is 11.5. The maximum absolute atomic E-state index is 12.9. The number of amides is 1.